The van der Waals surface area contributed by atoms with E-state index in [9.17, 15) is 0 Å². The van der Waals surface area contributed by atoms with Crippen molar-refractivity contribution >= 4 is 0 Å². The van der Waals surface area contributed by atoms with Gasteiger partial charge < -0.3 is 5.73 Å². The van der Waals surface area contributed by atoms with Crippen LogP contribution in [-0.2, 0) is 13.5 Å². The summed E-state index contributed by atoms with van der Waals surface area (Å²) in [4.78, 5) is 0. The molecule has 0 amide bonds. The molecule has 1 heterocycles. The van der Waals surface area contributed by atoms with Crippen molar-refractivity contribution < 1.29 is 0 Å². The van der Waals surface area contributed by atoms with Gasteiger partial charge in [0.25, 0.3) is 0 Å². The molecule has 1 aliphatic rings. The van der Waals surface area contributed by atoms with Crippen LogP contribution in [0.5, 0.6) is 0 Å². The summed E-state index contributed by atoms with van der Waals surface area (Å²) in [5, 5.41) is 4.23. The quantitative estimate of drug-likeness (QED) is 0.872. The van der Waals surface area contributed by atoms with E-state index in [0.29, 0.717) is 6.04 Å². The van der Waals surface area contributed by atoms with Gasteiger partial charge >= 0.3 is 0 Å². The molecule has 3 nitrogen and oxygen atoms in total. The van der Waals surface area contributed by atoms with Crippen molar-refractivity contribution in [1.29, 1.82) is 0 Å². The Hall–Kier alpha value is -0.830. The van der Waals surface area contributed by atoms with Crippen LogP contribution in [0.4, 0.5) is 0 Å². The van der Waals surface area contributed by atoms with Crippen molar-refractivity contribution in [2.45, 2.75) is 57.9 Å². The Kier molecular flexibility index (Phi) is 4.81. The van der Waals surface area contributed by atoms with E-state index >= 15 is 0 Å². The third-order valence-electron chi connectivity index (χ3n) is 4.41. The van der Waals surface area contributed by atoms with Crippen LogP contribution >= 0.6 is 0 Å². The average molecular weight is 249 g/mol. The van der Waals surface area contributed by atoms with E-state index in [4.69, 9.17) is 5.73 Å². The van der Waals surface area contributed by atoms with E-state index < -0.39 is 0 Å². The molecule has 3 unspecified atom stereocenters. The number of hydrogen-bond acceptors (Lipinski definition) is 2. The van der Waals surface area contributed by atoms with Crippen molar-refractivity contribution in [2.75, 3.05) is 0 Å². The lowest BCUT2D eigenvalue weighted by molar-refractivity contribution is 0.212. The number of aryl methyl sites for hydroxylation is 2. The first-order valence-electron chi connectivity index (χ1n) is 7.42. The van der Waals surface area contributed by atoms with Gasteiger partial charge in [0.1, 0.15) is 0 Å². The zero-order chi connectivity index (χ0) is 13.0. The minimum atomic E-state index is 0.426. The van der Waals surface area contributed by atoms with Gasteiger partial charge in [0, 0.05) is 19.3 Å². The van der Waals surface area contributed by atoms with Gasteiger partial charge in [-0.2, -0.15) is 5.10 Å². The van der Waals surface area contributed by atoms with Crippen molar-refractivity contribution in [1.82, 2.24) is 9.78 Å². The monoisotopic (exact) mass is 249 g/mol. The Balaban J connectivity index is 1.82. The topological polar surface area (TPSA) is 43.8 Å². The molecule has 2 rings (SSSR count). The summed E-state index contributed by atoms with van der Waals surface area (Å²) >= 11 is 0. The lowest BCUT2D eigenvalue weighted by Crippen LogP contribution is -2.36. The van der Waals surface area contributed by atoms with E-state index in [1.54, 1.807) is 0 Å². The van der Waals surface area contributed by atoms with Crippen LogP contribution in [0.1, 0.15) is 51.0 Å². The van der Waals surface area contributed by atoms with E-state index in [1.807, 2.05) is 17.9 Å². The summed E-state index contributed by atoms with van der Waals surface area (Å²) in [7, 11) is 1.98. The van der Waals surface area contributed by atoms with Crippen LogP contribution in [-0.4, -0.2) is 15.8 Å². The molecule has 102 valence electrons. The van der Waals surface area contributed by atoms with Crippen molar-refractivity contribution in [2.24, 2.45) is 24.6 Å². The second-order valence-corrected chi connectivity index (χ2v) is 5.95. The maximum atomic E-state index is 6.29. The first-order valence-corrected chi connectivity index (χ1v) is 7.42. The third kappa shape index (κ3) is 3.58. The lowest BCUT2D eigenvalue weighted by atomic mass is 9.74. The van der Waals surface area contributed by atoms with Gasteiger partial charge in [0.15, 0.2) is 0 Å². The maximum Gasteiger partial charge on any atom is 0.0521 e. The molecule has 1 aromatic heterocycles. The molecule has 1 aromatic rings. The molecule has 1 aliphatic carbocycles. The van der Waals surface area contributed by atoms with Gasteiger partial charge in [-0.25, -0.2) is 0 Å². The minimum absolute atomic E-state index is 0.426. The fraction of sp³-hybridized carbons (Fsp3) is 0.800. The predicted molar refractivity (Wildman–Crippen MR) is 75.2 cm³/mol. The molecular formula is C15H27N3. The highest BCUT2D eigenvalue weighted by atomic mass is 15.2. The second-order valence-electron chi connectivity index (χ2n) is 5.95. The van der Waals surface area contributed by atoms with Gasteiger partial charge in [-0.15, -0.1) is 0 Å². The standard InChI is InChI=1S/C15H27N3/c1-3-4-12-6-8-15(16)14(9-12)7-5-13-10-17-18(2)11-13/h10-12,14-15H,3-9,16H2,1-2H3. The lowest BCUT2D eigenvalue weighted by Gasteiger charge is -2.34. The molecule has 3 heteroatoms. The first kappa shape index (κ1) is 13.6. The predicted octanol–water partition coefficient (Wildman–Crippen LogP) is 2.90. The summed E-state index contributed by atoms with van der Waals surface area (Å²) < 4.78 is 1.88. The molecule has 1 fully saturated rings. The van der Waals surface area contributed by atoms with Gasteiger partial charge in [-0.05, 0) is 49.5 Å². The van der Waals surface area contributed by atoms with Crippen LogP contribution in [0.15, 0.2) is 12.4 Å². The molecule has 0 aromatic carbocycles. The summed E-state index contributed by atoms with van der Waals surface area (Å²) in [6, 6.07) is 0.426. The van der Waals surface area contributed by atoms with Crippen molar-refractivity contribution in [3.8, 4) is 0 Å². The molecule has 3 atom stereocenters. The average Bonchev–Trinajstić information content (AvgIpc) is 2.76. The highest BCUT2D eigenvalue weighted by Crippen LogP contribution is 2.33. The van der Waals surface area contributed by atoms with E-state index in [0.717, 1.165) is 18.3 Å². The first-order chi connectivity index (χ1) is 8.69. The molecule has 0 bridgehead atoms. The molecular weight excluding hydrogens is 222 g/mol. The molecule has 0 aliphatic heterocycles. The fourth-order valence-electron chi connectivity index (χ4n) is 3.34. The minimum Gasteiger partial charge on any atom is -0.327 e. The third-order valence-corrected chi connectivity index (χ3v) is 4.41. The van der Waals surface area contributed by atoms with Gasteiger partial charge in [0.2, 0.25) is 0 Å². The molecule has 2 N–H and O–H groups in total. The highest BCUT2D eigenvalue weighted by Gasteiger charge is 2.27. The molecule has 1 saturated carbocycles. The smallest absolute Gasteiger partial charge is 0.0521 e. The fourth-order valence-corrected chi connectivity index (χ4v) is 3.34. The Labute approximate surface area is 111 Å². The van der Waals surface area contributed by atoms with Crippen LogP contribution in [0.2, 0.25) is 0 Å². The van der Waals surface area contributed by atoms with E-state index in [2.05, 4.69) is 18.2 Å². The second kappa shape index (κ2) is 6.37. The Morgan fingerprint density at radius 2 is 2.22 bits per heavy atom. The van der Waals surface area contributed by atoms with Crippen LogP contribution in [0.25, 0.3) is 0 Å². The summed E-state index contributed by atoms with van der Waals surface area (Å²) in [6.45, 7) is 2.29. The Morgan fingerprint density at radius 3 is 2.89 bits per heavy atom. The Bertz CT molecular complexity index is 358. The number of nitrogens with zero attached hydrogens (tertiary/aromatic N) is 2. The highest BCUT2D eigenvalue weighted by molar-refractivity contribution is 5.04. The molecule has 0 radical (unpaired) electrons. The summed E-state index contributed by atoms with van der Waals surface area (Å²) in [5.74, 6) is 1.64. The normalized spacial score (nSPS) is 28.5. The number of rotatable bonds is 5. The van der Waals surface area contributed by atoms with Crippen LogP contribution in [0, 0.1) is 11.8 Å². The van der Waals surface area contributed by atoms with E-state index in [-0.39, 0.29) is 0 Å². The zero-order valence-electron chi connectivity index (χ0n) is 11.8. The number of nitrogens with two attached hydrogens (primary N) is 1. The summed E-state index contributed by atoms with van der Waals surface area (Å²) in [5.41, 5.74) is 7.64. The van der Waals surface area contributed by atoms with Gasteiger partial charge in [-0.1, -0.05) is 19.8 Å². The van der Waals surface area contributed by atoms with Crippen molar-refractivity contribution in [3.05, 3.63) is 18.0 Å². The van der Waals surface area contributed by atoms with Gasteiger partial charge in [-0.3, -0.25) is 4.68 Å². The van der Waals surface area contributed by atoms with Crippen LogP contribution < -0.4 is 5.73 Å². The largest absolute Gasteiger partial charge is 0.327 e. The van der Waals surface area contributed by atoms with Crippen LogP contribution in [0.3, 0.4) is 0 Å². The maximum absolute atomic E-state index is 6.29. The molecule has 0 spiro atoms. The number of hydrogen-bond donors (Lipinski definition) is 1. The SMILES string of the molecule is CCCC1CCC(N)C(CCc2cnn(C)c2)C1. The van der Waals surface area contributed by atoms with Crippen molar-refractivity contribution in [3.63, 3.8) is 0 Å². The molecule has 18 heavy (non-hydrogen) atoms. The number of aromatic nitrogens is 2. The van der Waals surface area contributed by atoms with Gasteiger partial charge in [0.05, 0.1) is 6.20 Å². The Morgan fingerprint density at radius 1 is 1.39 bits per heavy atom. The zero-order valence-corrected chi connectivity index (χ0v) is 11.8. The molecule has 0 saturated heterocycles. The van der Waals surface area contributed by atoms with E-state index in [1.165, 1.54) is 44.1 Å². The summed E-state index contributed by atoms with van der Waals surface area (Å²) in [6.07, 6.45) is 13.1.